The maximum atomic E-state index is 12.4. The van der Waals surface area contributed by atoms with Crippen molar-refractivity contribution in [2.75, 3.05) is 11.5 Å². The van der Waals surface area contributed by atoms with Gasteiger partial charge in [0.2, 0.25) is 0 Å². The molecule has 1 N–H and O–H groups in total. The van der Waals surface area contributed by atoms with Gasteiger partial charge in [-0.1, -0.05) is 18.2 Å². The Hall–Kier alpha value is -2.67. The number of hydrogen-bond donors (Lipinski definition) is 1. The predicted molar refractivity (Wildman–Crippen MR) is 70.6 cm³/mol. The van der Waals surface area contributed by atoms with Crippen LogP contribution in [0.4, 0.5) is 5.69 Å². The standard InChI is InChI=1S/C14H12N2O5/c1-2-20-14(19)10-9-11(21-15-10)13(18)16(12(9)17)8-6-4-3-5-7-8/h3-7,11,15H,2H2,1H3. The number of carbonyl (C=O) groups is 3. The Labute approximate surface area is 120 Å². The molecule has 2 amide bonds. The predicted octanol–water partition coefficient (Wildman–Crippen LogP) is 0.280. The summed E-state index contributed by atoms with van der Waals surface area (Å²) < 4.78 is 4.84. The monoisotopic (exact) mass is 288 g/mol. The highest BCUT2D eigenvalue weighted by atomic mass is 16.7. The van der Waals surface area contributed by atoms with Gasteiger partial charge in [0.25, 0.3) is 11.8 Å². The SMILES string of the molecule is CCOC(=O)C1=C2C(=O)N(c3ccccc3)C(=O)C2ON1. The number of nitrogens with one attached hydrogen (secondary N) is 1. The van der Waals surface area contributed by atoms with Crippen LogP contribution in [-0.2, 0) is 24.0 Å². The van der Waals surface area contributed by atoms with Crippen LogP contribution in [0.3, 0.4) is 0 Å². The van der Waals surface area contributed by atoms with Gasteiger partial charge in [-0.2, -0.15) is 0 Å². The Bertz CT molecular complexity index is 653. The van der Waals surface area contributed by atoms with E-state index in [2.05, 4.69) is 5.48 Å². The zero-order valence-electron chi connectivity index (χ0n) is 11.2. The van der Waals surface area contributed by atoms with Crippen molar-refractivity contribution in [3.8, 4) is 0 Å². The second-order valence-corrected chi connectivity index (χ2v) is 4.42. The fourth-order valence-corrected chi connectivity index (χ4v) is 2.27. The van der Waals surface area contributed by atoms with Crippen LogP contribution in [0.25, 0.3) is 0 Å². The first-order valence-electron chi connectivity index (χ1n) is 6.41. The number of esters is 1. The highest BCUT2D eigenvalue weighted by molar-refractivity contribution is 6.32. The first kappa shape index (κ1) is 13.3. The molecule has 2 aliphatic rings. The quantitative estimate of drug-likeness (QED) is 0.635. The van der Waals surface area contributed by atoms with Crippen molar-refractivity contribution in [3.05, 3.63) is 41.6 Å². The number of amides is 2. The van der Waals surface area contributed by atoms with E-state index in [1.807, 2.05) is 0 Å². The van der Waals surface area contributed by atoms with Crippen LogP contribution in [0.15, 0.2) is 41.6 Å². The molecule has 7 nitrogen and oxygen atoms in total. The van der Waals surface area contributed by atoms with Gasteiger partial charge in [0.05, 0.1) is 17.9 Å². The van der Waals surface area contributed by atoms with Crippen LogP contribution in [0.1, 0.15) is 6.92 Å². The minimum atomic E-state index is -1.11. The summed E-state index contributed by atoms with van der Waals surface area (Å²) in [4.78, 5) is 42.5. The van der Waals surface area contributed by atoms with E-state index >= 15 is 0 Å². The number of para-hydroxylation sites is 1. The highest BCUT2D eigenvalue weighted by Crippen LogP contribution is 2.32. The molecule has 0 bridgehead atoms. The lowest BCUT2D eigenvalue weighted by Crippen LogP contribution is -2.35. The minimum absolute atomic E-state index is 0.0118. The van der Waals surface area contributed by atoms with Crippen molar-refractivity contribution in [2.24, 2.45) is 0 Å². The fraction of sp³-hybridized carbons (Fsp3) is 0.214. The molecule has 0 radical (unpaired) electrons. The van der Waals surface area contributed by atoms with Crippen molar-refractivity contribution in [1.29, 1.82) is 0 Å². The van der Waals surface area contributed by atoms with E-state index in [1.54, 1.807) is 37.3 Å². The van der Waals surface area contributed by atoms with Crippen LogP contribution < -0.4 is 10.4 Å². The summed E-state index contributed by atoms with van der Waals surface area (Å²) in [7, 11) is 0. The molecule has 1 saturated heterocycles. The van der Waals surface area contributed by atoms with Crippen LogP contribution in [0, 0.1) is 0 Å². The van der Waals surface area contributed by atoms with Crippen LogP contribution in [0.5, 0.6) is 0 Å². The van der Waals surface area contributed by atoms with Gasteiger partial charge in [-0.3, -0.25) is 19.9 Å². The van der Waals surface area contributed by atoms with Crippen LogP contribution in [-0.4, -0.2) is 30.5 Å². The first-order chi connectivity index (χ1) is 10.1. The summed E-state index contributed by atoms with van der Waals surface area (Å²) >= 11 is 0. The molecule has 21 heavy (non-hydrogen) atoms. The maximum absolute atomic E-state index is 12.4. The normalized spacial score (nSPS) is 20.6. The Balaban J connectivity index is 2.01. The molecular formula is C14H12N2O5. The Morgan fingerprint density at radius 2 is 2.05 bits per heavy atom. The summed E-state index contributed by atoms with van der Waals surface area (Å²) in [5.74, 6) is -1.83. The summed E-state index contributed by atoms with van der Waals surface area (Å²) in [6.45, 7) is 1.81. The number of fused-ring (bicyclic) bond motifs is 1. The van der Waals surface area contributed by atoms with Crippen molar-refractivity contribution in [1.82, 2.24) is 5.48 Å². The zero-order chi connectivity index (χ0) is 15.0. The molecule has 7 heteroatoms. The van der Waals surface area contributed by atoms with Gasteiger partial charge in [0, 0.05) is 0 Å². The van der Waals surface area contributed by atoms with Gasteiger partial charge in [0.1, 0.15) is 0 Å². The van der Waals surface area contributed by atoms with E-state index in [0.717, 1.165) is 4.90 Å². The van der Waals surface area contributed by atoms with E-state index in [0.29, 0.717) is 5.69 Å². The third kappa shape index (κ3) is 1.98. The van der Waals surface area contributed by atoms with Crippen molar-refractivity contribution < 1.29 is 24.0 Å². The molecule has 2 heterocycles. The van der Waals surface area contributed by atoms with Crippen LogP contribution in [0.2, 0.25) is 0 Å². The smallest absolute Gasteiger partial charge is 0.357 e. The second-order valence-electron chi connectivity index (χ2n) is 4.42. The molecule has 2 aliphatic heterocycles. The number of benzene rings is 1. The molecule has 0 aromatic heterocycles. The Kier molecular flexibility index (Phi) is 3.19. The van der Waals surface area contributed by atoms with E-state index in [9.17, 15) is 14.4 Å². The molecule has 1 atom stereocenters. The molecule has 1 fully saturated rings. The zero-order valence-corrected chi connectivity index (χ0v) is 11.2. The average molecular weight is 288 g/mol. The fourth-order valence-electron chi connectivity index (χ4n) is 2.27. The molecule has 108 valence electrons. The lowest BCUT2D eigenvalue weighted by molar-refractivity contribution is -0.141. The van der Waals surface area contributed by atoms with E-state index in [1.165, 1.54) is 0 Å². The third-order valence-electron chi connectivity index (χ3n) is 3.18. The Morgan fingerprint density at radius 1 is 1.33 bits per heavy atom. The average Bonchev–Trinajstić information content (AvgIpc) is 3.02. The van der Waals surface area contributed by atoms with Gasteiger partial charge in [-0.15, -0.1) is 0 Å². The van der Waals surface area contributed by atoms with Gasteiger partial charge >= 0.3 is 5.97 Å². The molecule has 0 aliphatic carbocycles. The van der Waals surface area contributed by atoms with E-state index in [-0.39, 0.29) is 17.9 Å². The lowest BCUT2D eigenvalue weighted by atomic mass is 10.1. The maximum Gasteiger partial charge on any atom is 0.357 e. The summed E-state index contributed by atoms with van der Waals surface area (Å²) in [5, 5.41) is 0. The van der Waals surface area contributed by atoms with Crippen molar-refractivity contribution in [2.45, 2.75) is 13.0 Å². The molecule has 1 unspecified atom stereocenters. The molecule has 1 aromatic carbocycles. The van der Waals surface area contributed by atoms with E-state index in [4.69, 9.17) is 9.57 Å². The molecule has 0 spiro atoms. The first-order valence-corrected chi connectivity index (χ1v) is 6.41. The number of ether oxygens (including phenoxy) is 1. The Morgan fingerprint density at radius 3 is 2.71 bits per heavy atom. The number of carbonyl (C=O) groups excluding carboxylic acids is 3. The number of anilines is 1. The minimum Gasteiger partial charge on any atom is -0.461 e. The number of nitrogens with zero attached hydrogens (tertiary/aromatic N) is 1. The summed E-state index contributed by atoms with van der Waals surface area (Å²) in [5.41, 5.74) is 2.62. The van der Waals surface area contributed by atoms with Crippen molar-refractivity contribution in [3.63, 3.8) is 0 Å². The number of hydroxylamine groups is 1. The van der Waals surface area contributed by atoms with Gasteiger partial charge < -0.3 is 4.74 Å². The van der Waals surface area contributed by atoms with Gasteiger partial charge in [-0.25, -0.2) is 9.69 Å². The van der Waals surface area contributed by atoms with Crippen molar-refractivity contribution >= 4 is 23.5 Å². The lowest BCUT2D eigenvalue weighted by Gasteiger charge is -2.15. The topological polar surface area (TPSA) is 84.9 Å². The third-order valence-corrected chi connectivity index (χ3v) is 3.18. The molecule has 0 saturated carbocycles. The summed E-state index contributed by atoms with van der Waals surface area (Å²) in [6.07, 6.45) is -1.11. The van der Waals surface area contributed by atoms with E-state index < -0.39 is 23.9 Å². The number of hydrogen-bond acceptors (Lipinski definition) is 6. The van der Waals surface area contributed by atoms with Crippen LogP contribution >= 0.6 is 0 Å². The summed E-state index contributed by atoms with van der Waals surface area (Å²) in [6, 6.07) is 8.47. The van der Waals surface area contributed by atoms with Gasteiger partial charge in [0.15, 0.2) is 11.8 Å². The highest BCUT2D eigenvalue weighted by Gasteiger charge is 2.52. The number of imide groups is 1. The van der Waals surface area contributed by atoms with Gasteiger partial charge in [-0.05, 0) is 19.1 Å². The molecular weight excluding hydrogens is 276 g/mol. The second kappa shape index (κ2) is 5.02. The number of rotatable bonds is 3. The molecule has 1 aromatic rings. The largest absolute Gasteiger partial charge is 0.461 e. The molecule has 3 rings (SSSR count).